The Morgan fingerprint density at radius 2 is 2.28 bits per heavy atom. The number of benzene rings is 1. The Hall–Kier alpha value is -1.35. The van der Waals surface area contributed by atoms with Crippen molar-refractivity contribution in [2.45, 2.75) is 32.7 Å². The molecule has 1 aliphatic heterocycles. The van der Waals surface area contributed by atoms with Gasteiger partial charge in [-0.25, -0.2) is 0 Å². The molecule has 0 spiro atoms. The highest BCUT2D eigenvalue weighted by molar-refractivity contribution is 5.78. The first-order valence-electron chi connectivity index (χ1n) is 6.81. The Bertz CT molecular complexity index is 417. The second-order valence-corrected chi connectivity index (χ2v) is 5.01. The first kappa shape index (κ1) is 13.1. The third-order valence-electron chi connectivity index (χ3n) is 3.76. The molecule has 2 unspecified atom stereocenters. The molecule has 1 aromatic rings. The Kier molecular flexibility index (Phi) is 4.37. The van der Waals surface area contributed by atoms with Crippen molar-refractivity contribution in [2.24, 2.45) is 5.92 Å². The van der Waals surface area contributed by atoms with Crippen LogP contribution < -0.4 is 10.6 Å². The van der Waals surface area contributed by atoms with Crippen molar-refractivity contribution in [2.75, 3.05) is 13.1 Å². The van der Waals surface area contributed by atoms with E-state index in [1.165, 1.54) is 11.1 Å². The maximum Gasteiger partial charge on any atom is 0.222 e. The Labute approximate surface area is 109 Å². The van der Waals surface area contributed by atoms with Crippen LogP contribution in [-0.4, -0.2) is 19.0 Å². The van der Waals surface area contributed by atoms with E-state index < -0.39 is 0 Å². The lowest BCUT2D eigenvalue weighted by molar-refractivity contribution is -0.124. The van der Waals surface area contributed by atoms with Gasteiger partial charge in [0.2, 0.25) is 5.91 Å². The zero-order valence-electron chi connectivity index (χ0n) is 11.2. The van der Waals surface area contributed by atoms with Crippen LogP contribution in [0.1, 0.15) is 37.4 Å². The van der Waals surface area contributed by atoms with Crippen molar-refractivity contribution in [1.29, 1.82) is 0 Å². The Morgan fingerprint density at radius 3 is 3.06 bits per heavy atom. The average molecular weight is 246 g/mol. The lowest BCUT2D eigenvalue weighted by Gasteiger charge is -2.27. The summed E-state index contributed by atoms with van der Waals surface area (Å²) in [7, 11) is 0. The summed E-state index contributed by atoms with van der Waals surface area (Å²) in [5.74, 6) is 0.256. The van der Waals surface area contributed by atoms with Crippen LogP contribution in [0, 0.1) is 5.92 Å². The summed E-state index contributed by atoms with van der Waals surface area (Å²) in [6.45, 7) is 5.68. The molecule has 98 valence electrons. The average Bonchev–Trinajstić information content (AvgIpc) is 2.43. The monoisotopic (exact) mass is 246 g/mol. The smallest absolute Gasteiger partial charge is 0.222 e. The SMILES string of the molecule is CCC(C)C(=O)NCC1NCCc2ccccc21. The van der Waals surface area contributed by atoms with Crippen molar-refractivity contribution >= 4 is 5.91 Å². The van der Waals surface area contributed by atoms with E-state index in [2.05, 4.69) is 34.9 Å². The predicted octanol–water partition coefficient (Wildman–Crippen LogP) is 2.04. The van der Waals surface area contributed by atoms with Gasteiger partial charge < -0.3 is 10.6 Å². The number of amides is 1. The van der Waals surface area contributed by atoms with Gasteiger partial charge in [-0.1, -0.05) is 38.1 Å². The van der Waals surface area contributed by atoms with Gasteiger partial charge in [-0.3, -0.25) is 4.79 Å². The van der Waals surface area contributed by atoms with Gasteiger partial charge in [0, 0.05) is 18.5 Å². The highest BCUT2D eigenvalue weighted by Gasteiger charge is 2.20. The molecule has 0 saturated heterocycles. The van der Waals surface area contributed by atoms with E-state index in [0.717, 1.165) is 19.4 Å². The van der Waals surface area contributed by atoms with Crippen LogP contribution in [0.5, 0.6) is 0 Å². The fourth-order valence-corrected chi connectivity index (χ4v) is 2.34. The first-order valence-corrected chi connectivity index (χ1v) is 6.81. The van der Waals surface area contributed by atoms with Gasteiger partial charge in [-0.2, -0.15) is 0 Å². The fraction of sp³-hybridized carbons (Fsp3) is 0.533. The molecule has 0 radical (unpaired) electrons. The molecule has 2 rings (SSSR count). The van der Waals surface area contributed by atoms with Crippen LogP contribution in [0.3, 0.4) is 0 Å². The van der Waals surface area contributed by atoms with Gasteiger partial charge in [0.15, 0.2) is 0 Å². The molecule has 0 saturated carbocycles. The summed E-state index contributed by atoms with van der Waals surface area (Å²) in [6.07, 6.45) is 1.96. The summed E-state index contributed by atoms with van der Waals surface area (Å²) < 4.78 is 0. The fourth-order valence-electron chi connectivity index (χ4n) is 2.34. The predicted molar refractivity (Wildman–Crippen MR) is 73.4 cm³/mol. The number of carbonyl (C=O) groups is 1. The number of fused-ring (bicyclic) bond motifs is 1. The first-order chi connectivity index (χ1) is 8.72. The van der Waals surface area contributed by atoms with Crippen molar-refractivity contribution in [3.63, 3.8) is 0 Å². The van der Waals surface area contributed by atoms with Crippen LogP contribution in [0.2, 0.25) is 0 Å². The van der Waals surface area contributed by atoms with E-state index in [-0.39, 0.29) is 17.9 Å². The number of nitrogens with one attached hydrogen (secondary N) is 2. The zero-order chi connectivity index (χ0) is 13.0. The molecular weight excluding hydrogens is 224 g/mol. The summed E-state index contributed by atoms with van der Waals surface area (Å²) in [5, 5.41) is 6.52. The minimum absolute atomic E-state index is 0.101. The molecule has 1 aliphatic rings. The second-order valence-electron chi connectivity index (χ2n) is 5.01. The van der Waals surface area contributed by atoms with E-state index in [4.69, 9.17) is 0 Å². The molecule has 1 amide bonds. The lowest BCUT2D eigenvalue weighted by Crippen LogP contribution is -2.40. The van der Waals surface area contributed by atoms with Crippen molar-refractivity contribution in [1.82, 2.24) is 10.6 Å². The van der Waals surface area contributed by atoms with Crippen molar-refractivity contribution in [3.8, 4) is 0 Å². The van der Waals surface area contributed by atoms with Crippen LogP contribution in [0.4, 0.5) is 0 Å². The Morgan fingerprint density at radius 1 is 1.50 bits per heavy atom. The van der Waals surface area contributed by atoms with Gasteiger partial charge in [-0.15, -0.1) is 0 Å². The van der Waals surface area contributed by atoms with Gasteiger partial charge in [-0.05, 0) is 30.5 Å². The molecule has 1 aromatic carbocycles. The molecule has 2 atom stereocenters. The molecule has 18 heavy (non-hydrogen) atoms. The third kappa shape index (κ3) is 2.91. The maximum atomic E-state index is 11.8. The van der Waals surface area contributed by atoms with Crippen molar-refractivity contribution < 1.29 is 4.79 Å². The molecule has 2 N–H and O–H groups in total. The molecule has 0 aromatic heterocycles. The quantitative estimate of drug-likeness (QED) is 0.853. The second kappa shape index (κ2) is 6.01. The summed E-state index contributed by atoms with van der Waals surface area (Å²) in [4.78, 5) is 11.8. The molecule has 3 heteroatoms. The molecule has 0 bridgehead atoms. The highest BCUT2D eigenvalue weighted by atomic mass is 16.1. The third-order valence-corrected chi connectivity index (χ3v) is 3.76. The molecule has 3 nitrogen and oxygen atoms in total. The zero-order valence-corrected chi connectivity index (χ0v) is 11.2. The van der Waals surface area contributed by atoms with Crippen LogP contribution in [0.15, 0.2) is 24.3 Å². The van der Waals surface area contributed by atoms with Gasteiger partial charge in [0.25, 0.3) is 0 Å². The van der Waals surface area contributed by atoms with Crippen LogP contribution in [-0.2, 0) is 11.2 Å². The minimum atomic E-state index is 0.101. The van der Waals surface area contributed by atoms with E-state index in [0.29, 0.717) is 6.54 Å². The van der Waals surface area contributed by atoms with E-state index in [1.807, 2.05) is 13.8 Å². The summed E-state index contributed by atoms with van der Waals surface area (Å²) in [5.41, 5.74) is 2.73. The van der Waals surface area contributed by atoms with Gasteiger partial charge in [0.1, 0.15) is 0 Å². The number of carbonyl (C=O) groups excluding carboxylic acids is 1. The standard InChI is InChI=1S/C15H22N2O/c1-3-11(2)15(18)17-10-14-13-7-5-4-6-12(13)8-9-16-14/h4-7,11,14,16H,3,8-10H2,1-2H3,(H,17,18). The Balaban J connectivity index is 1.97. The van der Waals surface area contributed by atoms with Crippen LogP contribution in [0.25, 0.3) is 0 Å². The van der Waals surface area contributed by atoms with E-state index >= 15 is 0 Å². The summed E-state index contributed by atoms with van der Waals surface area (Å²) >= 11 is 0. The molecule has 0 fully saturated rings. The van der Waals surface area contributed by atoms with Crippen molar-refractivity contribution in [3.05, 3.63) is 35.4 Å². The summed E-state index contributed by atoms with van der Waals surface area (Å²) in [6, 6.07) is 8.73. The lowest BCUT2D eigenvalue weighted by atomic mass is 9.94. The van der Waals surface area contributed by atoms with E-state index in [9.17, 15) is 4.79 Å². The number of hydrogen-bond acceptors (Lipinski definition) is 2. The van der Waals surface area contributed by atoms with Crippen LogP contribution >= 0.6 is 0 Å². The highest BCUT2D eigenvalue weighted by Crippen LogP contribution is 2.21. The maximum absolute atomic E-state index is 11.8. The molecule has 1 heterocycles. The normalized spacial score (nSPS) is 20.0. The molecular formula is C15H22N2O. The van der Waals surface area contributed by atoms with Gasteiger partial charge >= 0.3 is 0 Å². The number of hydrogen-bond donors (Lipinski definition) is 2. The molecule has 0 aliphatic carbocycles. The topological polar surface area (TPSA) is 41.1 Å². The number of rotatable bonds is 4. The van der Waals surface area contributed by atoms with E-state index in [1.54, 1.807) is 0 Å². The van der Waals surface area contributed by atoms with Gasteiger partial charge in [0.05, 0.1) is 0 Å². The largest absolute Gasteiger partial charge is 0.354 e. The minimum Gasteiger partial charge on any atom is -0.354 e.